The molecule has 1 nitrogen and oxygen atoms in total. The molecule has 1 rings (SSSR count). The molecule has 1 N–H and O–H groups in total. The lowest BCUT2D eigenvalue weighted by atomic mass is 10.2. The van der Waals surface area contributed by atoms with E-state index in [1.165, 1.54) is 17.3 Å². The molecule has 0 fully saturated rings. The molecule has 0 aliphatic carbocycles. The van der Waals surface area contributed by atoms with Crippen molar-refractivity contribution in [2.45, 2.75) is 18.7 Å². The van der Waals surface area contributed by atoms with Crippen molar-refractivity contribution in [3.8, 4) is 0 Å². The average Bonchev–Trinajstić information content (AvgIpc) is 2.20. The summed E-state index contributed by atoms with van der Waals surface area (Å²) < 4.78 is 0.649. The first-order valence-electron chi connectivity index (χ1n) is 4.34. The van der Waals surface area contributed by atoms with Gasteiger partial charge in [-0.15, -0.1) is 0 Å². The summed E-state index contributed by atoms with van der Waals surface area (Å²) in [5.41, 5.74) is 2.03. The van der Waals surface area contributed by atoms with Crippen LogP contribution in [-0.2, 0) is 0 Å². The van der Waals surface area contributed by atoms with Crippen LogP contribution in [0.1, 0.15) is 12.5 Å². The molecule has 3 heteroatoms. The van der Waals surface area contributed by atoms with Crippen LogP contribution >= 0.6 is 23.4 Å². The molecular weight excluding hydrogens is 216 g/mol. The van der Waals surface area contributed by atoms with Crippen molar-refractivity contribution in [1.82, 2.24) is 0 Å². The van der Waals surface area contributed by atoms with Gasteiger partial charge in [0.25, 0.3) is 0 Å². The molecule has 1 aromatic rings. The van der Waals surface area contributed by atoms with Gasteiger partial charge in [0.15, 0.2) is 0 Å². The molecule has 0 heterocycles. The second kappa shape index (κ2) is 5.44. The van der Waals surface area contributed by atoms with Crippen molar-refractivity contribution >= 4 is 23.4 Å². The van der Waals surface area contributed by atoms with Crippen LogP contribution in [0, 0.1) is 6.92 Å². The van der Waals surface area contributed by atoms with Crippen LogP contribution in [0.3, 0.4) is 0 Å². The van der Waals surface area contributed by atoms with Gasteiger partial charge < -0.3 is 5.11 Å². The maximum atomic E-state index is 8.87. The Kier molecular flexibility index (Phi) is 4.52. The van der Waals surface area contributed by atoms with E-state index in [9.17, 15) is 0 Å². The summed E-state index contributed by atoms with van der Waals surface area (Å²) in [6.45, 7) is 3.88. The highest BCUT2D eigenvalue weighted by Gasteiger charge is 2.01. The fourth-order valence-electron chi connectivity index (χ4n) is 0.859. The summed E-state index contributed by atoms with van der Waals surface area (Å²) >= 11 is 7.46. The van der Waals surface area contributed by atoms with E-state index in [2.05, 4.69) is 0 Å². The Labute approximate surface area is 93.8 Å². The molecule has 0 spiro atoms. The van der Waals surface area contributed by atoms with E-state index in [4.69, 9.17) is 16.7 Å². The zero-order valence-electron chi connectivity index (χ0n) is 8.25. The van der Waals surface area contributed by atoms with E-state index in [-0.39, 0.29) is 6.61 Å². The number of thioether (sulfide) groups is 1. The largest absolute Gasteiger partial charge is 0.392 e. The monoisotopic (exact) mass is 228 g/mol. The number of halogens is 1. The first-order chi connectivity index (χ1) is 6.63. The first-order valence-corrected chi connectivity index (χ1v) is 5.53. The maximum Gasteiger partial charge on any atom is 0.0794 e. The molecule has 0 aliphatic rings. The van der Waals surface area contributed by atoms with Gasteiger partial charge in [0.1, 0.15) is 0 Å². The van der Waals surface area contributed by atoms with Crippen molar-refractivity contribution in [2.24, 2.45) is 0 Å². The maximum absolute atomic E-state index is 8.87. The Hall–Kier alpha value is -0.440. The highest BCUT2D eigenvalue weighted by molar-refractivity contribution is 8.04. The molecule has 0 unspecified atom stereocenters. The smallest absolute Gasteiger partial charge is 0.0794 e. The van der Waals surface area contributed by atoms with Crippen LogP contribution in [0.4, 0.5) is 0 Å². The van der Waals surface area contributed by atoms with Gasteiger partial charge in [-0.05, 0) is 31.6 Å². The van der Waals surface area contributed by atoms with Crippen LogP contribution < -0.4 is 0 Å². The topological polar surface area (TPSA) is 20.2 Å². The van der Waals surface area contributed by atoms with E-state index >= 15 is 0 Å². The van der Waals surface area contributed by atoms with Gasteiger partial charge in [0.2, 0.25) is 0 Å². The van der Waals surface area contributed by atoms with E-state index in [0.717, 1.165) is 10.5 Å². The molecule has 0 aromatic heterocycles. The third-order valence-electron chi connectivity index (χ3n) is 1.80. The predicted octanol–water partition coefficient (Wildman–Crippen LogP) is 3.55. The lowest BCUT2D eigenvalue weighted by molar-refractivity contribution is 0.331. The summed E-state index contributed by atoms with van der Waals surface area (Å²) in [6, 6.07) is 8.13. The van der Waals surface area contributed by atoms with Gasteiger partial charge in [0.05, 0.1) is 11.0 Å². The predicted molar refractivity (Wildman–Crippen MR) is 62.7 cm³/mol. The second-order valence-electron chi connectivity index (χ2n) is 3.13. The zero-order chi connectivity index (χ0) is 10.6. The van der Waals surface area contributed by atoms with Gasteiger partial charge >= 0.3 is 0 Å². The van der Waals surface area contributed by atoms with E-state index in [1.54, 1.807) is 0 Å². The second-order valence-corrected chi connectivity index (χ2v) is 4.81. The summed E-state index contributed by atoms with van der Waals surface area (Å²) in [5.74, 6) is 0. The Morgan fingerprint density at radius 2 is 1.93 bits per heavy atom. The van der Waals surface area contributed by atoms with Gasteiger partial charge in [-0.1, -0.05) is 41.1 Å². The van der Waals surface area contributed by atoms with Crippen LogP contribution in [0.2, 0.25) is 0 Å². The van der Waals surface area contributed by atoms with Crippen molar-refractivity contribution < 1.29 is 5.11 Å². The van der Waals surface area contributed by atoms with E-state index in [0.29, 0.717) is 4.36 Å². The van der Waals surface area contributed by atoms with Crippen molar-refractivity contribution in [3.05, 3.63) is 39.8 Å². The van der Waals surface area contributed by atoms with Crippen molar-refractivity contribution in [3.63, 3.8) is 0 Å². The van der Waals surface area contributed by atoms with E-state index in [1.807, 2.05) is 38.1 Å². The average molecular weight is 229 g/mol. The SMILES string of the molecule is C/C(CO)=C(/Cl)Sc1ccc(C)cc1. The number of aliphatic hydroxyl groups is 1. The number of hydrogen-bond acceptors (Lipinski definition) is 2. The highest BCUT2D eigenvalue weighted by Crippen LogP contribution is 2.31. The van der Waals surface area contributed by atoms with Crippen LogP contribution in [0.15, 0.2) is 39.1 Å². The first kappa shape index (κ1) is 11.6. The summed E-state index contributed by atoms with van der Waals surface area (Å²) in [4.78, 5) is 1.09. The molecule has 0 radical (unpaired) electrons. The Morgan fingerprint density at radius 3 is 2.43 bits per heavy atom. The molecule has 76 valence electrons. The standard InChI is InChI=1S/C11H13ClOS/c1-8-3-5-10(6-4-8)14-11(12)9(2)7-13/h3-6,13H,7H2,1-2H3/b11-9+. The Balaban J connectivity index is 2.74. The third kappa shape index (κ3) is 3.37. The highest BCUT2D eigenvalue weighted by atomic mass is 35.5. The number of aliphatic hydroxyl groups excluding tert-OH is 1. The van der Waals surface area contributed by atoms with Gasteiger partial charge in [-0.25, -0.2) is 0 Å². The van der Waals surface area contributed by atoms with Crippen molar-refractivity contribution in [1.29, 1.82) is 0 Å². The van der Waals surface area contributed by atoms with Gasteiger partial charge in [-0.2, -0.15) is 0 Å². The molecule has 0 atom stereocenters. The number of aryl methyl sites for hydroxylation is 1. The minimum atomic E-state index is 0.0116. The Bertz CT molecular complexity index is 330. The number of rotatable bonds is 3. The van der Waals surface area contributed by atoms with Crippen LogP contribution in [0.25, 0.3) is 0 Å². The fourth-order valence-corrected chi connectivity index (χ4v) is 1.90. The Morgan fingerprint density at radius 1 is 1.36 bits per heavy atom. The molecular formula is C11H13ClOS. The van der Waals surface area contributed by atoms with Crippen LogP contribution in [-0.4, -0.2) is 11.7 Å². The van der Waals surface area contributed by atoms with Gasteiger partial charge in [0, 0.05) is 4.90 Å². The van der Waals surface area contributed by atoms with Crippen LogP contribution in [0.5, 0.6) is 0 Å². The molecule has 0 saturated heterocycles. The molecule has 0 saturated carbocycles. The van der Waals surface area contributed by atoms with E-state index < -0.39 is 0 Å². The molecule has 0 amide bonds. The quantitative estimate of drug-likeness (QED) is 0.799. The molecule has 0 bridgehead atoms. The fraction of sp³-hybridized carbons (Fsp3) is 0.273. The third-order valence-corrected chi connectivity index (χ3v) is 3.39. The molecule has 1 aromatic carbocycles. The molecule has 0 aliphatic heterocycles. The summed E-state index contributed by atoms with van der Waals surface area (Å²) in [6.07, 6.45) is 0. The van der Waals surface area contributed by atoms with Gasteiger partial charge in [-0.3, -0.25) is 0 Å². The number of hydrogen-bond donors (Lipinski definition) is 1. The van der Waals surface area contributed by atoms with Crippen molar-refractivity contribution in [2.75, 3.05) is 6.61 Å². The summed E-state index contributed by atoms with van der Waals surface area (Å²) in [7, 11) is 0. The lowest BCUT2D eigenvalue weighted by Crippen LogP contribution is -1.85. The molecule has 14 heavy (non-hydrogen) atoms. The lowest BCUT2D eigenvalue weighted by Gasteiger charge is -2.03. The summed E-state index contributed by atoms with van der Waals surface area (Å²) in [5, 5.41) is 8.87. The number of benzene rings is 1. The normalized spacial score (nSPS) is 12.6. The minimum absolute atomic E-state index is 0.0116. The minimum Gasteiger partial charge on any atom is -0.392 e. The zero-order valence-corrected chi connectivity index (χ0v) is 9.82.